The lowest BCUT2D eigenvalue weighted by atomic mass is 9.96. The molecule has 0 N–H and O–H groups in total. The number of nitrogens with zero attached hydrogens (tertiary/aromatic N) is 2. The Morgan fingerprint density at radius 1 is 1.02 bits per heavy atom. The molecule has 0 aliphatic carbocycles. The summed E-state index contributed by atoms with van der Waals surface area (Å²) in [6.45, 7) is 2.03. The van der Waals surface area contributed by atoms with Gasteiger partial charge >= 0.3 is 11.9 Å². The molecule has 0 radical (unpaired) electrons. The van der Waals surface area contributed by atoms with Gasteiger partial charge in [0, 0.05) is 23.8 Å². The lowest BCUT2D eigenvalue weighted by Gasteiger charge is -2.24. The molecule has 2 aromatic heterocycles. The van der Waals surface area contributed by atoms with Gasteiger partial charge in [0.05, 0.1) is 41.1 Å². The van der Waals surface area contributed by atoms with Gasteiger partial charge in [-0.1, -0.05) is 47.2 Å². The van der Waals surface area contributed by atoms with Crippen LogP contribution in [0, 0.1) is 0 Å². The molecular formula is C30H25ClN2O7S. The fourth-order valence-electron chi connectivity index (χ4n) is 4.44. The van der Waals surface area contributed by atoms with Gasteiger partial charge in [-0.05, 0) is 48.9 Å². The Kier molecular flexibility index (Phi) is 8.34. The third-order valence-corrected chi connectivity index (χ3v) is 7.67. The molecule has 4 aromatic rings. The van der Waals surface area contributed by atoms with Crippen LogP contribution in [-0.2, 0) is 19.0 Å². The fourth-order valence-corrected chi connectivity index (χ4v) is 5.59. The van der Waals surface area contributed by atoms with Gasteiger partial charge in [0.1, 0.15) is 18.1 Å². The molecule has 1 atom stereocenters. The second-order valence-electron chi connectivity index (χ2n) is 9.03. The van der Waals surface area contributed by atoms with Gasteiger partial charge in [-0.25, -0.2) is 14.6 Å². The van der Waals surface area contributed by atoms with Crippen molar-refractivity contribution in [2.75, 3.05) is 27.4 Å². The first-order valence-electron chi connectivity index (χ1n) is 12.5. The van der Waals surface area contributed by atoms with Gasteiger partial charge < -0.3 is 18.6 Å². The Labute approximate surface area is 243 Å². The monoisotopic (exact) mass is 592 g/mol. The number of thiazole rings is 1. The number of carbonyl (C=O) groups is 2. The Morgan fingerprint density at radius 3 is 2.44 bits per heavy atom. The number of aromatic nitrogens is 1. The van der Waals surface area contributed by atoms with Crippen LogP contribution in [-0.4, -0.2) is 43.9 Å². The number of ether oxygens (including phenoxy) is 3. The first kappa shape index (κ1) is 28.3. The molecule has 9 nitrogen and oxygen atoms in total. The number of fused-ring (bicyclic) bond motifs is 1. The zero-order chi connectivity index (χ0) is 29.1. The summed E-state index contributed by atoms with van der Waals surface area (Å²) in [6, 6.07) is 16.5. The molecule has 11 heteroatoms. The fraction of sp³-hybridized carbons (Fsp3) is 0.200. The first-order valence-corrected chi connectivity index (χ1v) is 13.7. The second kappa shape index (κ2) is 12.1. The van der Waals surface area contributed by atoms with Crippen LogP contribution in [0.5, 0.6) is 0 Å². The molecule has 0 bridgehead atoms. The maximum Gasteiger partial charge on any atom is 0.338 e. The van der Waals surface area contributed by atoms with E-state index in [-0.39, 0.29) is 24.3 Å². The molecule has 1 aliphatic rings. The van der Waals surface area contributed by atoms with E-state index < -0.39 is 18.0 Å². The van der Waals surface area contributed by atoms with Crippen molar-refractivity contribution in [3.05, 3.63) is 114 Å². The van der Waals surface area contributed by atoms with Crippen molar-refractivity contribution < 1.29 is 28.2 Å². The van der Waals surface area contributed by atoms with Crippen LogP contribution in [0.3, 0.4) is 0 Å². The maximum absolute atomic E-state index is 13.8. The average molecular weight is 593 g/mol. The SMILES string of the molecule is COCCOC(=O)C1=C(C)N=c2sc(=Cc3ccc(-c4ccc(C(=O)OC)cc4)o3)c(=O)n2C1c1ccc(Cl)cc1. The van der Waals surface area contributed by atoms with E-state index in [1.54, 1.807) is 73.7 Å². The second-order valence-corrected chi connectivity index (χ2v) is 10.5. The van der Waals surface area contributed by atoms with Crippen molar-refractivity contribution in [2.24, 2.45) is 4.99 Å². The Hall–Kier alpha value is -4.25. The lowest BCUT2D eigenvalue weighted by Crippen LogP contribution is -2.40. The predicted molar refractivity (Wildman–Crippen MR) is 154 cm³/mol. The molecule has 41 heavy (non-hydrogen) atoms. The number of furan rings is 1. The normalized spacial score (nSPS) is 14.9. The summed E-state index contributed by atoms with van der Waals surface area (Å²) in [6.07, 6.45) is 1.64. The van der Waals surface area contributed by atoms with Crippen LogP contribution in [0.4, 0.5) is 0 Å². The predicted octanol–water partition coefficient (Wildman–Crippen LogP) is 4.12. The molecule has 210 valence electrons. The molecule has 0 spiro atoms. The van der Waals surface area contributed by atoms with Gasteiger partial charge in [-0.3, -0.25) is 9.36 Å². The van der Waals surface area contributed by atoms with E-state index in [9.17, 15) is 14.4 Å². The van der Waals surface area contributed by atoms with Gasteiger partial charge in [0.25, 0.3) is 5.56 Å². The van der Waals surface area contributed by atoms with Crippen LogP contribution >= 0.6 is 22.9 Å². The van der Waals surface area contributed by atoms with Crippen molar-refractivity contribution in [1.29, 1.82) is 0 Å². The third kappa shape index (κ3) is 5.81. The number of esters is 2. The number of carbonyl (C=O) groups excluding carboxylic acids is 2. The summed E-state index contributed by atoms with van der Waals surface area (Å²) >= 11 is 7.32. The Balaban J connectivity index is 1.54. The number of allylic oxidation sites excluding steroid dienone is 1. The number of hydrogen-bond acceptors (Lipinski definition) is 9. The molecule has 0 saturated heterocycles. The topological polar surface area (TPSA) is 109 Å². The minimum absolute atomic E-state index is 0.0656. The summed E-state index contributed by atoms with van der Waals surface area (Å²) in [7, 11) is 2.84. The summed E-state index contributed by atoms with van der Waals surface area (Å²) in [4.78, 5) is 43.7. The molecule has 1 aliphatic heterocycles. The molecule has 2 aromatic carbocycles. The Bertz CT molecular complexity index is 1820. The third-order valence-electron chi connectivity index (χ3n) is 6.44. The van der Waals surface area contributed by atoms with Crippen LogP contribution in [0.15, 0.2) is 86.1 Å². The highest BCUT2D eigenvalue weighted by molar-refractivity contribution is 7.07. The Morgan fingerprint density at radius 2 is 1.76 bits per heavy atom. The highest BCUT2D eigenvalue weighted by Gasteiger charge is 2.33. The van der Waals surface area contributed by atoms with Gasteiger partial charge in [0.15, 0.2) is 4.80 Å². The van der Waals surface area contributed by atoms with E-state index >= 15 is 0 Å². The molecule has 1 unspecified atom stereocenters. The number of benzene rings is 2. The van der Waals surface area contributed by atoms with Crippen molar-refractivity contribution >= 4 is 41.0 Å². The summed E-state index contributed by atoms with van der Waals surface area (Å²) in [5.74, 6) is 0.0219. The van der Waals surface area contributed by atoms with Gasteiger partial charge in [-0.15, -0.1) is 0 Å². The van der Waals surface area contributed by atoms with Crippen LogP contribution in [0.2, 0.25) is 5.02 Å². The smallest absolute Gasteiger partial charge is 0.338 e. The lowest BCUT2D eigenvalue weighted by molar-refractivity contribution is -0.140. The quantitative estimate of drug-likeness (QED) is 0.224. The van der Waals surface area contributed by atoms with Crippen molar-refractivity contribution in [3.8, 4) is 11.3 Å². The van der Waals surface area contributed by atoms with Gasteiger partial charge in [-0.2, -0.15) is 0 Å². The number of hydrogen-bond donors (Lipinski definition) is 0. The number of rotatable bonds is 8. The van der Waals surface area contributed by atoms with Crippen LogP contribution in [0.1, 0.15) is 34.6 Å². The highest BCUT2D eigenvalue weighted by atomic mass is 35.5. The largest absolute Gasteiger partial charge is 0.465 e. The molecule has 0 amide bonds. The zero-order valence-electron chi connectivity index (χ0n) is 22.4. The summed E-state index contributed by atoms with van der Waals surface area (Å²) in [5.41, 5.74) is 2.26. The number of methoxy groups -OCH3 is 2. The van der Waals surface area contributed by atoms with E-state index in [1.165, 1.54) is 30.1 Å². The van der Waals surface area contributed by atoms with E-state index in [0.29, 0.717) is 42.7 Å². The molecular weight excluding hydrogens is 568 g/mol. The molecule has 0 saturated carbocycles. The minimum Gasteiger partial charge on any atom is -0.465 e. The molecule has 0 fully saturated rings. The van der Waals surface area contributed by atoms with Crippen molar-refractivity contribution in [1.82, 2.24) is 4.57 Å². The van der Waals surface area contributed by atoms with Crippen molar-refractivity contribution in [3.63, 3.8) is 0 Å². The highest BCUT2D eigenvalue weighted by Crippen LogP contribution is 2.31. The van der Waals surface area contributed by atoms with E-state index in [2.05, 4.69) is 4.99 Å². The first-order chi connectivity index (χ1) is 19.8. The summed E-state index contributed by atoms with van der Waals surface area (Å²) < 4.78 is 23.0. The maximum atomic E-state index is 13.8. The minimum atomic E-state index is -0.763. The molecule has 5 rings (SSSR count). The van der Waals surface area contributed by atoms with Crippen LogP contribution in [0.25, 0.3) is 17.4 Å². The number of halogens is 1. The van der Waals surface area contributed by atoms with Crippen molar-refractivity contribution in [2.45, 2.75) is 13.0 Å². The zero-order valence-corrected chi connectivity index (χ0v) is 24.0. The molecule has 3 heterocycles. The average Bonchev–Trinajstić information content (AvgIpc) is 3.56. The van der Waals surface area contributed by atoms with E-state index in [1.807, 2.05) is 0 Å². The standard InChI is InChI=1S/C30H25ClN2O7S/c1-17-25(29(36)39-15-14-37-2)26(19-8-10-21(31)11-9-19)33-27(34)24(41-30(33)32-17)16-22-12-13-23(40-22)18-4-6-20(7-5-18)28(35)38-3/h4-13,16,26H,14-15H2,1-3H3. The summed E-state index contributed by atoms with van der Waals surface area (Å²) in [5, 5.41) is 0.527. The van der Waals surface area contributed by atoms with E-state index in [4.69, 9.17) is 30.2 Å². The van der Waals surface area contributed by atoms with Crippen LogP contribution < -0.4 is 14.9 Å². The van der Waals surface area contributed by atoms with E-state index in [0.717, 1.165) is 5.56 Å². The van der Waals surface area contributed by atoms with Gasteiger partial charge in [0.2, 0.25) is 0 Å².